The van der Waals surface area contributed by atoms with E-state index in [4.69, 9.17) is 0 Å². The van der Waals surface area contributed by atoms with Gasteiger partial charge >= 0.3 is 0 Å². The van der Waals surface area contributed by atoms with Crippen LogP contribution >= 0.6 is 11.3 Å². The first-order chi connectivity index (χ1) is 11.9. The number of aromatic nitrogens is 1. The summed E-state index contributed by atoms with van der Waals surface area (Å²) in [7, 11) is -3.50. The van der Waals surface area contributed by atoms with Crippen LogP contribution in [-0.2, 0) is 16.4 Å². The zero-order valence-corrected chi connectivity index (χ0v) is 15.8. The lowest BCUT2D eigenvalue weighted by molar-refractivity contribution is 0.0939. The fourth-order valence-corrected chi connectivity index (χ4v) is 4.46. The summed E-state index contributed by atoms with van der Waals surface area (Å²) in [5.74, 6) is -0.252. The first-order valence-electron chi connectivity index (χ1n) is 8.26. The van der Waals surface area contributed by atoms with Crippen LogP contribution in [0.4, 0.5) is 0 Å². The molecule has 1 aliphatic rings. The Labute approximate surface area is 151 Å². The fourth-order valence-electron chi connectivity index (χ4n) is 2.31. The Kier molecular flexibility index (Phi) is 5.21. The SMILES string of the molecule is CCc1nc(C(C)NC(=O)c2ccc(S(=O)(=O)NC3CC3)cc2)cs1. The van der Waals surface area contributed by atoms with Gasteiger partial charge in [-0.15, -0.1) is 11.3 Å². The molecule has 8 heteroatoms. The lowest BCUT2D eigenvalue weighted by atomic mass is 10.2. The molecule has 0 spiro atoms. The van der Waals surface area contributed by atoms with Crippen LogP contribution in [0.2, 0.25) is 0 Å². The lowest BCUT2D eigenvalue weighted by Crippen LogP contribution is -2.27. The second-order valence-electron chi connectivity index (χ2n) is 6.13. The summed E-state index contributed by atoms with van der Waals surface area (Å²) in [4.78, 5) is 17.0. The second-order valence-corrected chi connectivity index (χ2v) is 8.79. The van der Waals surface area contributed by atoms with Crippen molar-refractivity contribution in [3.05, 3.63) is 45.9 Å². The van der Waals surface area contributed by atoms with Gasteiger partial charge in [-0.3, -0.25) is 4.79 Å². The standard InChI is InChI=1S/C17H21N3O3S2/c1-3-16-19-15(10-24-16)11(2)18-17(21)12-4-8-14(9-5-12)25(22,23)20-13-6-7-13/h4-5,8-11,13,20H,3,6-7H2,1-2H3,(H,18,21). The average molecular weight is 380 g/mol. The minimum absolute atomic E-state index is 0.0555. The summed E-state index contributed by atoms with van der Waals surface area (Å²) >= 11 is 1.58. The molecule has 134 valence electrons. The molecule has 3 rings (SSSR count). The largest absolute Gasteiger partial charge is 0.344 e. The molecule has 25 heavy (non-hydrogen) atoms. The molecule has 1 fully saturated rings. The molecule has 1 atom stereocenters. The molecular weight excluding hydrogens is 358 g/mol. The first kappa shape index (κ1) is 18.0. The van der Waals surface area contributed by atoms with E-state index < -0.39 is 10.0 Å². The monoisotopic (exact) mass is 379 g/mol. The van der Waals surface area contributed by atoms with Gasteiger partial charge < -0.3 is 5.32 Å². The Hall–Kier alpha value is -1.77. The maximum absolute atomic E-state index is 12.4. The zero-order valence-electron chi connectivity index (χ0n) is 14.2. The van der Waals surface area contributed by atoms with Crippen molar-refractivity contribution in [2.45, 2.75) is 50.1 Å². The lowest BCUT2D eigenvalue weighted by Gasteiger charge is -2.12. The van der Waals surface area contributed by atoms with Crippen molar-refractivity contribution < 1.29 is 13.2 Å². The van der Waals surface area contributed by atoms with Crippen molar-refractivity contribution in [2.24, 2.45) is 0 Å². The highest BCUT2D eigenvalue weighted by Crippen LogP contribution is 2.22. The fraction of sp³-hybridized carbons (Fsp3) is 0.412. The number of sulfonamides is 1. The van der Waals surface area contributed by atoms with Gasteiger partial charge in [-0.1, -0.05) is 6.92 Å². The minimum Gasteiger partial charge on any atom is -0.344 e. The van der Waals surface area contributed by atoms with E-state index >= 15 is 0 Å². The van der Waals surface area contributed by atoms with Crippen LogP contribution in [0.25, 0.3) is 0 Å². The smallest absolute Gasteiger partial charge is 0.251 e. The Morgan fingerprint density at radius 1 is 1.32 bits per heavy atom. The van der Waals surface area contributed by atoms with Crippen LogP contribution in [0.3, 0.4) is 0 Å². The van der Waals surface area contributed by atoms with E-state index in [1.807, 2.05) is 19.2 Å². The van der Waals surface area contributed by atoms with Gasteiger partial charge in [0.05, 0.1) is 21.6 Å². The Balaban J connectivity index is 1.65. The van der Waals surface area contributed by atoms with Gasteiger partial charge in [0.2, 0.25) is 10.0 Å². The number of rotatable bonds is 7. The predicted molar refractivity (Wildman–Crippen MR) is 97.2 cm³/mol. The summed E-state index contributed by atoms with van der Waals surface area (Å²) in [6, 6.07) is 5.83. The van der Waals surface area contributed by atoms with Crippen LogP contribution in [0, 0.1) is 0 Å². The molecule has 1 saturated carbocycles. The average Bonchev–Trinajstić information content (AvgIpc) is 3.26. The highest BCUT2D eigenvalue weighted by molar-refractivity contribution is 7.89. The highest BCUT2D eigenvalue weighted by Gasteiger charge is 2.28. The summed E-state index contributed by atoms with van der Waals surface area (Å²) in [6.45, 7) is 3.92. The number of aryl methyl sites for hydroxylation is 1. The molecule has 2 aromatic rings. The summed E-state index contributed by atoms with van der Waals surface area (Å²) in [6.07, 6.45) is 2.64. The molecule has 6 nitrogen and oxygen atoms in total. The predicted octanol–water partition coefficient (Wildman–Crippen LogP) is 2.64. The van der Waals surface area contributed by atoms with E-state index in [-0.39, 0.29) is 22.9 Å². The van der Waals surface area contributed by atoms with Gasteiger partial charge in [0.1, 0.15) is 0 Å². The molecule has 1 heterocycles. The molecule has 0 saturated heterocycles. The number of hydrogen-bond donors (Lipinski definition) is 2. The van der Waals surface area contributed by atoms with E-state index in [1.54, 1.807) is 11.3 Å². The summed E-state index contributed by atoms with van der Waals surface area (Å²) in [5, 5.41) is 5.87. The number of hydrogen-bond acceptors (Lipinski definition) is 5. The van der Waals surface area contributed by atoms with Crippen LogP contribution in [-0.4, -0.2) is 25.4 Å². The van der Waals surface area contributed by atoms with Crippen molar-refractivity contribution in [3.8, 4) is 0 Å². The molecular formula is C17H21N3O3S2. The van der Waals surface area contributed by atoms with Crippen molar-refractivity contribution in [2.75, 3.05) is 0 Å². The molecule has 2 N–H and O–H groups in total. The van der Waals surface area contributed by atoms with Crippen molar-refractivity contribution in [1.82, 2.24) is 15.0 Å². The Bertz CT molecular complexity index is 856. The first-order valence-corrected chi connectivity index (χ1v) is 10.6. The third-order valence-electron chi connectivity index (χ3n) is 3.99. The van der Waals surface area contributed by atoms with Crippen molar-refractivity contribution in [3.63, 3.8) is 0 Å². The molecule has 1 amide bonds. The van der Waals surface area contributed by atoms with E-state index in [2.05, 4.69) is 15.0 Å². The number of nitrogens with one attached hydrogen (secondary N) is 2. The molecule has 1 aromatic heterocycles. The highest BCUT2D eigenvalue weighted by atomic mass is 32.2. The van der Waals surface area contributed by atoms with Gasteiger partial charge in [-0.05, 0) is 50.5 Å². The summed E-state index contributed by atoms with van der Waals surface area (Å²) in [5.41, 5.74) is 1.26. The zero-order chi connectivity index (χ0) is 18.0. The number of carbonyl (C=O) groups is 1. The quantitative estimate of drug-likeness (QED) is 0.774. The van der Waals surface area contributed by atoms with Crippen LogP contribution in [0.15, 0.2) is 34.5 Å². The molecule has 0 bridgehead atoms. The second kappa shape index (κ2) is 7.23. The topological polar surface area (TPSA) is 88.2 Å². The Morgan fingerprint density at radius 2 is 2.00 bits per heavy atom. The minimum atomic E-state index is -3.50. The third-order valence-corrected chi connectivity index (χ3v) is 6.54. The number of amides is 1. The number of carbonyl (C=O) groups excluding carboxylic acids is 1. The van der Waals surface area contributed by atoms with Gasteiger partial charge in [0.25, 0.3) is 5.91 Å². The van der Waals surface area contributed by atoms with Crippen LogP contribution in [0.5, 0.6) is 0 Å². The van der Waals surface area contributed by atoms with Gasteiger partial charge in [0.15, 0.2) is 0 Å². The summed E-state index contributed by atoms with van der Waals surface area (Å²) < 4.78 is 26.9. The molecule has 0 radical (unpaired) electrons. The molecule has 1 aliphatic carbocycles. The molecule has 1 aromatic carbocycles. The van der Waals surface area contributed by atoms with Gasteiger partial charge in [-0.25, -0.2) is 18.1 Å². The Morgan fingerprint density at radius 3 is 2.56 bits per heavy atom. The van der Waals surface area contributed by atoms with E-state index in [0.29, 0.717) is 5.56 Å². The third kappa shape index (κ3) is 4.45. The maximum Gasteiger partial charge on any atom is 0.251 e. The number of nitrogens with zero attached hydrogens (tertiary/aromatic N) is 1. The number of thiazole rings is 1. The van der Waals surface area contributed by atoms with Crippen LogP contribution < -0.4 is 10.0 Å². The van der Waals surface area contributed by atoms with Gasteiger partial charge in [0, 0.05) is 17.0 Å². The normalized spacial score (nSPS) is 15.8. The van der Waals surface area contributed by atoms with E-state index in [1.165, 1.54) is 24.3 Å². The van der Waals surface area contributed by atoms with E-state index in [0.717, 1.165) is 30.0 Å². The molecule has 0 aliphatic heterocycles. The maximum atomic E-state index is 12.4. The number of benzene rings is 1. The van der Waals surface area contributed by atoms with Gasteiger partial charge in [-0.2, -0.15) is 0 Å². The van der Waals surface area contributed by atoms with Crippen LogP contribution in [0.1, 0.15) is 53.8 Å². The van der Waals surface area contributed by atoms with Crippen molar-refractivity contribution >= 4 is 27.3 Å². The molecule has 1 unspecified atom stereocenters. The van der Waals surface area contributed by atoms with Crippen molar-refractivity contribution in [1.29, 1.82) is 0 Å². The van der Waals surface area contributed by atoms with E-state index in [9.17, 15) is 13.2 Å².